The molecule has 0 radical (unpaired) electrons. The molecule has 1 unspecified atom stereocenters. The van der Waals surface area contributed by atoms with Crippen molar-refractivity contribution < 1.29 is 14.7 Å². The summed E-state index contributed by atoms with van der Waals surface area (Å²) < 4.78 is 0. The molecule has 2 N–H and O–H groups in total. The number of nitrogens with one attached hydrogen (secondary N) is 1. The molecule has 1 amide bonds. The van der Waals surface area contributed by atoms with Gasteiger partial charge in [0, 0.05) is 6.54 Å². The monoisotopic (exact) mass is 423 g/mol. The molecule has 2 aliphatic carbocycles. The minimum absolute atomic E-state index is 0.00909. The van der Waals surface area contributed by atoms with E-state index in [-0.39, 0.29) is 11.8 Å². The van der Waals surface area contributed by atoms with E-state index < -0.39 is 5.97 Å². The van der Waals surface area contributed by atoms with E-state index in [0.717, 1.165) is 49.8 Å². The Hall–Kier alpha value is -2.40. The van der Waals surface area contributed by atoms with Crippen LogP contribution >= 0.6 is 11.3 Å². The van der Waals surface area contributed by atoms with Gasteiger partial charge in [0.05, 0.1) is 10.8 Å². The molecule has 2 aromatic rings. The van der Waals surface area contributed by atoms with Crippen molar-refractivity contribution in [2.75, 3.05) is 6.54 Å². The molecule has 0 aliphatic heterocycles. The van der Waals surface area contributed by atoms with Gasteiger partial charge in [0.2, 0.25) is 0 Å². The zero-order valence-corrected chi connectivity index (χ0v) is 18.0. The van der Waals surface area contributed by atoms with Gasteiger partial charge in [-0.05, 0) is 84.9 Å². The summed E-state index contributed by atoms with van der Waals surface area (Å²) in [6.07, 6.45) is 8.77. The zero-order chi connectivity index (χ0) is 20.9. The number of hydrogen-bond acceptors (Lipinski definition) is 3. The highest BCUT2D eigenvalue weighted by Crippen LogP contribution is 2.37. The average Bonchev–Trinajstić information content (AvgIpc) is 3.29. The molecular weight excluding hydrogens is 394 g/mol. The molecule has 0 spiro atoms. The number of amides is 1. The number of carboxylic acid groups (broad SMARTS) is 1. The first-order valence-electron chi connectivity index (χ1n) is 10.9. The summed E-state index contributed by atoms with van der Waals surface area (Å²) in [6, 6.07) is 12.7. The number of aliphatic carboxylic acids is 1. The fourth-order valence-electron chi connectivity index (χ4n) is 4.69. The Labute approximate surface area is 182 Å². The van der Waals surface area contributed by atoms with Crippen LogP contribution < -0.4 is 5.32 Å². The SMILES string of the molecule is O=C(NCC1CCC(C(=O)O)CC1)c1cc(C2=CCC(c3ccccc3)CC2)cs1. The lowest BCUT2D eigenvalue weighted by atomic mass is 9.82. The van der Waals surface area contributed by atoms with Gasteiger partial charge in [-0.3, -0.25) is 9.59 Å². The normalized spacial score (nSPS) is 24.1. The Morgan fingerprint density at radius 1 is 1.07 bits per heavy atom. The van der Waals surface area contributed by atoms with Gasteiger partial charge in [0.1, 0.15) is 0 Å². The van der Waals surface area contributed by atoms with E-state index in [1.807, 2.05) is 6.07 Å². The van der Waals surface area contributed by atoms with Crippen LogP contribution in [0.2, 0.25) is 0 Å². The van der Waals surface area contributed by atoms with Crippen molar-refractivity contribution in [1.29, 1.82) is 0 Å². The molecule has 1 heterocycles. The first-order chi connectivity index (χ1) is 14.6. The van der Waals surface area contributed by atoms with Gasteiger partial charge < -0.3 is 10.4 Å². The molecule has 1 saturated carbocycles. The average molecular weight is 424 g/mol. The minimum Gasteiger partial charge on any atom is -0.481 e. The number of benzene rings is 1. The van der Waals surface area contributed by atoms with Gasteiger partial charge in [0.25, 0.3) is 5.91 Å². The Kier molecular flexibility index (Phi) is 6.68. The maximum absolute atomic E-state index is 12.6. The van der Waals surface area contributed by atoms with Crippen LogP contribution in [-0.4, -0.2) is 23.5 Å². The predicted octanol–water partition coefficient (Wildman–Crippen LogP) is 5.72. The van der Waals surface area contributed by atoms with E-state index in [2.05, 4.69) is 47.1 Å². The van der Waals surface area contributed by atoms with Crippen LogP contribution in [-0.2, 0) is 4.79 Å². The third-order valence-corrected chi connectivity index (χ3v) is 7.55. The fourth-order valence-corrected chi connectivity index (χ4v) is 5.53. The standard InChI is InChI=1S/C25H29NO3S/c27-24(26-15-17-6-8-21(9-7-17)25(28)29)23-14-22(16-30-23)20-12-10-19(11-13-20)18-4-2-1-3-5-18/h1-5,12,14,16-17,19,21H,6-11,13,15H2,(H,26,27)(H,28,29). The van der Waals surface area contributed by atoms with E-state index in [1.165, 1.54) is 28.0 Å². The van der Waals surface area contributed by atoms with Crippen molar-refractivity contribution in [2.45, 2.75) is 50.9 Å². The van der Waals surface area contributed by atoms with Crippen molar-refractivity contribution >= 4 is 28.8 Å². The molecule has 0 saturated heterocycles. The summed E-state index contributed by atoms with van der Waals surface area (Å²) in [5, 5.41) is 14.3. The van der Waals surface area contributed by atoms with E-state index in [1.54, 1.807) is 0 Å². The Morgan fingerprint density at radius 3 is 2.50 bits per heavy atom. The lowest BCUT2D eigenvalue weighted by molar-refractivity contribution is -0.143. The van der Waals surface area contributed by atoms with E-state index in [9.17, 15) is 9.59 Å². The van der Waals surface area contributed by atoms with Gasteiger partial charge in [-0.1, -0.05) is 36.4 Å². The van der Waals surface area contributed by atoms with E-state index in [0.29, 0.717) is 18.4 Å². The van der Waals surface area contributed by atoms with Gasteiger partial charge in [-0.2, -0.15) is 0 Å². The van der Waals surface area contributed by atoms with Crippen LogP contribution in [0.3, 0.4) is 0 Å². The summed E-state index contributed by atoms with van der Waals surface area (Å²) in [4.78, 5) is 24.4. The maximum atomic E-state index is 12.6. The smallest absolute Gasteiger partial charge is 0.306 e. The first-order valence-corrected chi connectivity index (χ1v) is 11.8. The highest BCUT2D eigenvalue weighted by Gasteiger charge is 2.26. The van der Waals surface area contributed by atoms with Gasteiger partial charge in [-0.25, -0.2) is 0 Å². The Balaban J connectivity index is 1.28. The molecule has 2 aliphatic rings. The molecule has 30 heavy (non-hydrogen) atoms. The van der Waals surface area contributed by atoms with Crippen LogP contribution in [0, 0.1) is 11.8 Å². The molecule has 1 atom stereocenters. The highest BCUT2D eigenvalue weighted by atomic mass is 32.1. The number of thiophene rings is 1. The number of carboxylic acids is 1. The summed E-state index contributed by atoms with van der Waals surface area (Å²) in [7, 11) is 0. The fraction of sp³-hybridized carbons (Fsp3) is 0.440. The number of hydrogen-bond donors (Lipinski definition) is 2. The summed E-state index contributed by atoms with van der Waals surface area (Å²) in [5.41, 5.74) is 3.94. The Morgan fingerprint density at radius 2 is 1.83 bits per heavy atom. The second-order valence-corrected chi connectivity index (χ2v) is 9.49. The Bertz CT molecular complexity index is 909. The largest absolute Gasteiger partial charge is 0.481 e. The molecule has 158 valence electrons. The van der Waals surface area contributed by atoms with Gasteiger partial charge in [0.15, 0.2) is 0 Å². The van der Waals surface area contributed by atoms with Crippen LogP contribution in [0.5, 0.6) is 0 Å². The molecule has 1 fully saturated rings. The molecule has 4 nitrogen and oxygen atoms in total. The van der Waals surface area contributed by atoms with Crippen molar-refractivity contribution in [3.8, 4) is 0 Å². The molecular formula is C25H29NO3S. The second kappa shape index (κ2) is 9.61. The second-order valence-electron chi connectivity index (χ2n) is 8.58. The van der Waals surface area contributed by atoms with E-state index in [4.69, 9.17) is 5.11 Å². The van der Waals surface area contributed by atoms with Crippen molar-refractivity contribution in [3.05, 3.63) is 63.9 Å². The highest BCUT2D eigenvalue weighted by molar-refractivity contribution is 7.12. The van der Waals surface area contributed by atoms with Gasteiger partial charge >= 0.3 is 5.97 Å². The molecule has 1 aromatic heterocycles. The number of carbonyl (C=O) groups excluding carboxylic acids is 1. The third kappa shape index (κ3) is 5.01. The maximum Gasteiger partial charge on any atom is 0.306 e. The summed E-state index contributed by atoms with van der Waals surface area (Å²) in [6.45, 7) is 0.639. The summed E-state index contributed by atoms with van der Waals surface area (Å²) >= 11 is 1.51. The number of rotatable bonds is 6. The van der Waals surface area contributed by atoms with Crippen molar-refractivity contribution in [2.24, 2.45) is 11.8 Å². The molecule has 4 rings (SSSR count). The third-order valence-electron chi connectivity index (χ3n) is 6.62. The number of allylic oxidation sites excluding steroid dienone is 2. The quantitative estimate of drug-likeness (QED) is 0.624. The van der Waals surface area contributed by atoms with E-state index >= 15 is 0 Å². The lowest BCUT2D eigenvalue weighted by Crippen LogP contribution is -2.32. The lowest BCUT2D eigenvalue weighted by Gasteiger charge is -2.26. The van der Waals surface area contributed by atoms with Crippen LogP contribution in [0.4, 0.5) is 0 Å². The van der Waals surface area contributed by atoms with Crippen molar-refractivity contribution in [3.63, 3.8) is 0 Å². The van der Waals surface area contributed by atoms with Crippen LogP contribution in [0.25, 0.3) is 5.57 Å². The zero-order valence-electron chi connectivity index (χ0n) is 17.2. The topological polar surface area (TPSA) is 66.4 Å². The van der Waals surface area contributed by atoms with Crippen LogP contribution in [0.15, 0.2) is 47.9 Å². The minimum atomic E-state index is -0.685. The van der Waals surface area contributed by atoms with Crippen LogP contribution in [0.1, 0.15) is 71.7 Å². The first kappa shape index (κ1) is 20.9. The molecule has 5 heteroatoms. The predicted molar refractivity (Wildman–Crippen MR) is 121 cm³/mol. The number of carbonyl (C=O) groups is 2. The molecule has 0 bridgehead atoms. The summed E-state index contributed by atoms with van der Waals surface area (Å²) in [5.74, 6) is 0.0791. The van der Waals surface area contributed by atoms with Crippen molar-refractivity contribution in [1.82, 2.24) is 5.32 Å². The van der Waals surface area contributed by atoms with Gasteiger partial charge in [-0.15, -0.1) is 11.3 Å². The molecule has 1 aromatic carbocycles.